The molecule has 0 fully saturated rings. The molecule has 0 atom stereocenters. The molecular weight excluding hydrogens is 373 g/mol. The molecule has 0 unspecified atom stereocenters. The Balaban J connectivity index is 5.97. The molecule has 0 spiro atoms. The summed E-state index contributed by atoms with van der Waals surface area (Å²) in [5.41, 5.74) is 0. The first kappa shape index (κ1) is 20.2. The summed E-state index contributed by atoms with van der Waals surface area (Å²) in [6.07, 6.45) is -7.09. The maximum absolute atomic E-state index is 12.8. The van der Waals surface area contributed by atoms with Gasteiger partial charge in [0, 0.05) is 6.92 Å². The van der Waals surface area contributed by atoms with Gasteiger partial charge >= 0.3 is 22.6 Å². The van der Waals surface area contributed by atoms with Crippen molar-refractivity contribution in [2.45, 2.75) is 29.5 Å². The van der Waals surface area contributed by atoms with Crippen LogP contribution >= 0.6 is 0 Å². The maximum Gasteiger partial charge on any atom is 0.461 e. The monoisotopic (exact) mass is 377 g/mol. The van der Waals surface area contributed by atoms with Crippen molar-refractivity contribution in [2.24, 2.45) is 0 Å². The fourth-order valence-corrected chi connectivity index (χ4v) is 3.22. The van der Waals surface area contributed by atoms with E-state index in [1.54, 1.807) is 0 Å². The lowest BCUT2D eigenvalue weighted by Gasteiger charge is -2.27. The zero-order chi connectivity index (χ0) is 17.7. The highest BCUT2D eigenvalue weighted by Crippen LogP contribution is 2.49. The van der Waals surface area contributed by atoms with E-state index >= 15 is 0 Å². The quantitative estimate of drug-likeness (QED) is 0.739. The fraction of sp³-hybridized carbons (Fsp3) is 1.00. The largest absolute Gasteiger partial charge is 0.461 e. The summed E-state index contributed by atoms with van der Waals surface area (Å²) in [5, 5.41) is -12.1. The van der Waals surface area contributed by atoms with Gasteiger partial charge in [-0.15, -0.1) is 0 Å². The number of hydrogen-bond acceptors (Lipinski definition) is 4. The minimum atomic E-state index is -7.36. The van der Waals surface area contributed by atoms with E-state index in [0.717, 1.165) is 0 Å². The number of sulfonamides is 2. The molecule has 0 rings (SSSR count). The van der Waals surface area contributed by atoms with E-state index in [0.29, 0.717) is 0 Å². The minimum Gasteiger partial charge on any atom is -0.205 e. The summed E-state index contributed by atoms with van der Waals surface area (Å²) >= 11 is 0. The number of alkyl halides is 9. The molecule has 21 heavy (non-hydrogen) atoms. The Morgan fingerprint density at radius 2 is 1.05 bits per heavy atom. The van der Waals surface area contributed by atoms with E-state index in [4.69, 9.17) is 0 Å². The molecule has 0 aromatic rings. The third-order valence-electron chi connectivity index (χ3n) is 1.75. The third-order valence-corrected chi connectivity index (χ3v) is 5.38. The molecule has 0 aromatic heterocycles. The van der Waals surface area contributed by atoms with Crippen LogP contribution in [0.15, 0.2) is 0 Å². The summed E-state index contributed by atoms with van der Waals surface area (Å²) in [7, 11) is -13.9. The second kappa shape index (κ2) is 4.87. The predicted octanol–water partition coefficient (Wildman–Crippen LogP) is 1.64. The summed E-state index contributed by atoms with van der Waals surface area (Å²) in [6.45, 7) is -0.523. The SMILES string of the molecule is CC(F)(F)S(=O)(=O)NS(=O)(=O)C(F)(F)C(F)(F)C(F)(F)F. The smallest absolute Gasteiger partial charge is 0.205 e. The minimum absolute atomic E-state index is 0.523. The van der Waals surface area contributed by atoms with Gasteiger partial charge in [-0.2, -0.15) is 39.5 Å². The Morgan fingerprint density at radius 3 is 1.29 bits per heavy atom. The van der Waals surface area contributed by atoms with Gasteiger partial charge in [-0.05, 0) is 0 Å². The first-order valence-electron chi connectivity index (χ1n) is 4.18. The van der Waals surface area contributed by atoms with Crippen molar-refractivity contribution in [2.75, 3.05) is 0 Å². The van der Waals surface area contributed by atoms with Crippen LogP contribution in [0.3, 0.4) is 0 Å². The second-order valence-electron chi connectivity index (χ2n) is 3.49. The standard InChI is InChI=1S/C5H4F9NO4S2/c1-2(6,7)20(16,17)15-21(18,19)5(13,14)3(8,9)4(10,11)12/h15H,1H3. The van der Waals surface area contributed by atoms with Crippen LogP contribution in [-0.2, 0) is 20.0 Å². The second-order valence-corrected chi connectivity index (χ2v) is 7.40. The molecule has 16 heteroatoms. The summed E-state index contributed by atoms with van der Waals surface area (Å²) in [6, 6.07) is 0. The number of rotatable bonds is 5. The highest BCUT2D eigenvalue weighted by Gasteiger charge is 2.79. The molecule has 1 N–H and O–H groups in total. The molecule has 0 aliphatic rings. The van der Waals surface area contributed by atoms with Crippen molar-refractivity contribution < 1.29 is 56.3 Å². The van der Waals surface area contributed by atoms with Crippen LogP contribution in [0.25, 0.3) is 0 Å². The first-order chi connectivity index (χ1) is 8.71. The lowest BCUT2D eigenvalue weighted by Crippen LogP contribution is -2.60. The molecule has 0 aromatic carbocycles. The highest BCUT2D eigenvalue weighted by molar-refractivity contribution is 8.05. The Morgan fingerprint density at radius 1 is 0.714 bits per heavy atom. The van der Waals surface area contributed by atoms with Gasteiger partial charge in [0.25, 0.3) is 20.0 Å². The van der Waals surface area contributed by atoms with Gasteiger partial charge in [0.15, 0.2) is 0 Å². The molecule has 0 bridgehead atoms. The van der Waals surface area contributed by atoms with Gasteiger partial charge < -0.3 is 0 Å². The number of nitrogens with one attached hydrogen (secondary N) is 1. The molecule has 0 aliphatic heterocycles. The lowest BCUT2D eigenvalue weighted by molar-refractivity contribution is -0.332. The molecule has 0 aliphatic carbocycles. The van der Waals surface area contributed by atoms with E-state index in [1.807, 2.05) is 0 Å². The molecule has 0 saturated carbocycles. The van der Waals surface area contributed by atoms with Gasteiger partial charge in [0.1, 0.15) is 0 Å². The predicted molar refractivity (Wildman–Crippen MR) is 47.5 cm³/mol. The Hall–Kier alpha value is -0.770. The van der Waals surface area contributed by atoms with Crippen LogP contribution < -0.4 is 4.13 Å². The van der Waals surface area contributed by atoms with E-state index in [9.17, 15) is 56.3 Å². The van der Waals surface area contributed by atoms with Crippen LogP contribution in [0.1, 0.15) is 6.92 Å². The van der Waals surface area contributed by atoms with Crippen LogP contribution in [-0.4, -0.2) is 39.4 Å². The first-order valence-corrected chi connectivity index (χ1v) is 7.15. The van der Waals surface area contributed by atoms with E-state index < -0.39 is 53.7 Å². The van der Waals surface area contributed by atoms with Crippen LogP contribution in [0, 0.1) is 0 Å². The Bertz CT molecular complexity index is 599. The average Bonchev–Trinajstić information content (AvgIpc) is 2.11. The zero-order valence-corrected chi connectivity index (χ0v) is 11.0. The zero-order valence-electron chi connectivity index (χ0n) is 9.35. The van der Waals surface area contributed by atoms with Crippen molar-refractivity contribution >= 4 is 20.0 Å². The van der Waals surface area contributed by atoms with Gasteiger partial charge in [0.2, 0.25) is 0 Å². The van der Waals surface area contributed by atoms with Crippen molar-refractivity contribution in [3.05, 3.63) is 0 Å². The maximum atomic E-state index is 12.8. The normalized spacial score (nSPS) is 16.1. The highest BCUT2D eigenvalue weighted by atomic mass is 32.3. The summed E-state index contributed by atoms with van der Waals surface area (Å²) in [4.78, 5) is 0. The number of halogens is 9. The molecule has 5 nitrogen and oxygen atoms in total. The van der Waals surface area contributed by atoms with Crippen molar-refractivity contribution in [1.29, 1.82) is 0 Å². The number of hydrogen-bond donors (Lipinski definition) is 1. The summed E-state index contributed by atoms with van der Waals surface area (Å²) in [5.74, 6) is -7.23. The Kier molecular flexibility index (Phi) is 4.69. The molecule has 128 valence electrons. The fourth-order valence-electron chi connectivity index (χ4n) is 0.604. The van der Waals surface area contributed by atoms with Gasteiger partial charge in [0.05, 0.1) is 0 Å². The third kappa shape index (κ3) is 3.36. The molecule has 0 amide bonds. The van der Waals surface area contributed by atoms with E-state index in [-0.39, 0.29) is 0 Å². The molecule has 0 saturated heterocycles. The van der Waals surface area contributed by atoms with Gasteiger partial charge in [-0.25, -0.2) is 16.8 Å². The topological polar surface area (TPSA) is 80.3 Å². The van der Waals surface area contributed by atoms with E-state index in [1.165, 1.54) is 0 Å². The van der Waals surface area contributed by atoms with E-state index in [2.05, 4.69) is 0 Å². The average molecular weight is 377 g/mol. The molecule has 0 radical (unpaired) electrons. The van der Waals surface area contributed by atoms with Crippen molar-refractivity contribution in [1.82, 2.24) is 4.13 Å². The van der Waals surface area contributed by atoms with Gasteiger partial charge in [-0.3, -0.25) is 0 Å². The van der Waals surface area contributed by atoms with Gasteiger partial charge in [-0.1, -0.05) is 4.13 Å². The van der Waals surface area contributed by atoms with Crippen LogP contribution in [0.4, 0.5) is 39.5 Å². The molecular formula is C5H4F9NO4S2. The lowest BCUT2D eigenvalue weighted by atomic mass is 10.3. The van der Waals surface area contributed by atoms with Crippen LogP contribution in [0.5, 0.6) is 0 Å². The Labute approximate surface area is 111 Å². The van der Waals surface area contributed by atoms with Crippen molar-refractivity contribution in [3.63, 3.8) is 0 Å². The molecule has 0 heterocycles. The van der Waals surface area contributed by atoms with Crippen LogP contribution in [0.2, 0.25) is 0 Å². The summed E-state index contributed by atoms with van der Waals surface area (Å²) < 4.78 is 152. The van der Waals surface area contributed by atoms with Crippen molar-refractivity contribution in [3.8, 4) is 0 Å².